The molecule has 10 heteroatoms. The summed E-state index contributed by atoms with van der Waals surface area (Å²) in [5.41, 5.74) is -0.0460. The zero-order chi connectivity index (χ0) is 20.4. The van der Waals surface area contributed by atoms with Crippen molar-refractivity contribution in [1.29, 1.82) is 0 Å². The standard InChI is InChI=1S/C17H15ClN2O6S/c1-3-15(21)11-6-7-13(18)16(9-11)27(25,26)19-17(22)12-5-4-10(2)14(8-12)20(23)24/h4-9H,3H2,1-2H3,(H,19,22). The molecule has 0 aliphatic rings. The number of amides is 1. The quantitative estimate of drug-likeness (QED) is 0.442. The highest BCUT2D eigenvalue weighted by Crippen LogP contribution is 2.24. The first-order chi connectivity index (χ1) is 12.6. The fraction of sp³-hybridized carbons (Fsp3) is 0.176. The molecule has 8 nitrogen and oxygen atoms in total. The van der Waals surface area contributed by atoms with Gasteiger partial charge in [0.1, 0.15) is 4.90 Å². The number of rotatable bonds is 6. The number of carbonyl (C=O) groups is 2. The zero-order valence-electron chi connectivity index (χ0n) is 14.4. The number of Topliss-reactive ketones (excluding diaryl/α,β-unsaturated/α-hetero) is 1. The number of aryl methyl sites for hydroxylation is 1. The van der Waals surface area contributed by atoms with E-state index in [1.807, 2.05) is 4.72 Å². The molecule has 0 unspecified atom stereocenters. The van der Waals surface area contributed by atoms with Crippen LogP contribution in [-0.2, 0) is 10.0 Å². The van der Waals surface area contributed by atoms with Crippen molar-refractivity contribution < 1.29 is 22.9 Å². The van der Waals surface area contributed by atoms with Crippen molar-refractivity contribution in [2.45, 2.75) is 25.2 Å². The van der Waals surface area contributed by atoms with Gasteiger partial charge in [0, 0.05) is 29.2 Å². The van der Waals surface area contributed by atoms with E-state index in [4.69, 9.17) is 11.6 Å². The summed E-state index contributed by atoms with van der Waals surface area (Å²) in [6.07, 6.45) is 0.167. The van der Waals surface area contributed by atoms with Gasteiger partial charge in [-0.15, -0.1) is 0 Å². The third kappa shape index (κ3) is 4.50. The molecule has 0 aromatic heterocycles. The molecule has 0 heterocycles. The van der Waals surface area contributed by atoms with Crippen LogP contribution in [0.4, 0.5) is 5.69 Å². The minimum Gasteiger partial charge on any atom is -0.294 e. The number of nitro groups is 1. The molecule has 142 valence electrons. The van der Waals surface area contributed by atoms with Crippen LogP contribution in [0, 0.1) is 17.0 Å². The Bertz CT molecular complexity index is 1050. The SMILES string of the molecule is CCC(=O)c1ccc(Cl)c(S(=O)(=O)NC(=O)c2ccc(C)c([N+](=O)[O-])c2)c1. The molecule has 1 amide bonds. The Kier molecular flexibility index (Phi) is 5.97. The van der Waals surface area contributed by atoms with Gasteiger partial charge in [-0.2, -0.15) is 0 Å². The summed E-state index contributed by atoms with van der Waals surface area (Å²) in [5, 5.41) is 10.8. The van der Waals surface area contributed by atoms with Gasteiger partial charge in [0.15, 0.2) is 5.78 Å². The number of nitro benzene ring substituents is 1. The van der Waals surface area contributed by atoms with Crippen LogP contribution >= 0.6 is 11.6 Å². The molecule has 0 atom stereocenters. The summed E-state index contributed by atoms with van der Waals surface area (Å²) >= 11 is 5.91. The van der Waals surface area contributed by atoms with Crippen LogP contribution in [0.2, 0.25) is 5.02 Å². The molecule has 2 rings (SSSR count). The van der Waals surface area contributed by atoms with Crippen molar-refractivity contribution in [3.05, 3.63) is 68.2 Å². The Morgan fingerprint density at radius 2 is 1.78 bits per heavy atom. The molecule has 0 radical (unpaired) electrons. The van der Waals surface area contributed by atoms with E-state index < -0.39 is 25.7 Å². The highest BCUT2D eigenvalue weighted by molar-refractivity contribution is 7.90. The number of carbonyl (C=O) groups excluding carboxylic acids is 2. The molecule has 0 saturated heterocycles. The largest absolute Gasteiger partial charge is 0.294 e. The monoisotopic (exact) mass is 410 g/mol. The zero-order valence-corrected chi connectivity index (χ0v) is 15.9. The second-order valence-electron chi connectivity index (χ2n) is 5.61. The lowest BCUT2D eigenvalue weighted by molar-refractivity contribution is -0.385. The average Bonchev–Trinajstić information content (AvgIpc) is 2.60. The van der Waals surface area contributed by atoms with E-state index in [9.17, 15) is 28.1 Å². The second kappa shape index (κ2) is 7.85. The molecule has 27 heavy (non-hydrogen) atoms. The number of ketones is 1. The van der Waals surface area contributed by atoms with Crippen LogP contribution in [0.15, 0.2) is 41.3 Å². The van der Waals surface area contributed by atoms with E-state index in [1.165, 1.54) is 31.2 Å². The lowest BCUT2D eigenvalue weighted by atomic mass is 10.1. The highest BCUT2D eigenvalue weighted by Gasteiger charge is 2.24. The molecular weight excluding hydrogens is 396 g/mol. The first-order valence-corrected chi connectivity index (χ1v) is 9.58. The molecule has 0 saturated carbocycles. The second-order valence-corrected chi connectivity index (χ2v) is 7.67. The summed E-state index contributed by atoms with van der Waals surface area (Å²) in [4.78, 5) is 34.0. The van der Waals surface area contributed by atoms with Gasteiger partial charge in [0.25, 0.3) is 21.6 Å². The Morgan fingerprint density at radius 1 is 1.15 bits per heavy atom. The predicted octanol–water partition coefficient (Wildman–Crippen LogP) is 3.27. The normalized spacial score (nSPS) is 11.1. The molecule has 0 aliphatic carbocycles. The van der Waals surface area contributed by atoms with Crippen LogP contribution in [-0.4, -0.2) is 25.0 Å². The predicted molar refractivity (Wildman–Crippen MR) is 98.6 cm³/mol. The maximum atomic E-state index is 12.5. The smallest absolute Gasteiger partial charge is 0.273 e. The molecule has 0 aliphatic heterocycles. The maximum Gasteiger partial charge on any atom is 0.273 e. The van der Waals surface area contributed by atoms with Crippen LogP contribution in [0.25, 0.3) is 0 Å². The van der Waals surface area contributed by atoms with E-state index in [1.54, 1.807) is 6.92 Å². The molecule has 0 spiro atoms. The van der Waals surface area contributed by atoms with Gasteiger partial charge < -0.3 is 0 Å². The van der Waals surface area contributed by atoms with Crippen LogP contribution in [0.3, 0.4) is 0 Å². The van der Waals surface area contributed by atoms with E-state index in [2.05, 4.69) is 0 Å². The third-order valence-electron chi connectivity index (χ3n) is 3.76. The van der Waals surface area contributed by atoms with Gasteiger partial charge in [-0.25, -0.2) is 13.1 Å². The minimum absolute atomic E-state index is 0.140. The number of hydrogen-bond acceptors (Lipinski definition) is 6. The van der Waals surface area contributed by atoms with Gasteiger partial charge in [0.2, 0.25) is 0 Å². The van der Waals surface area contributed by atoms with E-state index >= 15 is 0 Å². The van der Waals surface area contributed by atoms with Crippen molar-refractivity contribution in [3.63, 3.8) is 0 Å². The Hall–Kier alpha value is -2.78. The summed E-state index contributed by atoms with van der Waals surface area (Å²) in [7, 11) is -4.40. The lowest BCUT2D eigenvalue weighted by Crippen LogP contribution is -2.31. The first-order valence-electron chi connectivity index (χ1n) is 7.71. The Morgan fingerprint density at radius 3 is 2.37 bits per heavy atom. The van der Waals surface area contributed by atoms with Crippen molar-refractivity contribution in [2.24, 2.45) is 0 Å². The van der Waals surface area contributed by atoms with Gasteiger partial charge in [-0.3, -0.25) is 19.7 Å². The van der Waals surface area contributed by atoms with E-state index in [0.717, 1.165) is 12.1 Å². The summed E-state index contributed by atoms with van der Waals surface area (Å²) in [5.74, 6) is -1.34. The molecule has 0 bridgehead atoms. The van der Waals surface area contributed by atoms with Crippen molar-refractivity contribution in [1.82, 2.24) is 4.72 Å². The van der Waals surface area contributed by atoms with E-state index in [0.29, 0.717) is 5.56 Å². The molecule has 2 aromatic carbocycles. The van der Waals surface area contributed by atoms with Crippen LogP contribution in [0.5, 0.6) is 0 Å². The van der Waals surface area contributed by atoms with E-state index in [-0.39, 0.29) is 34.0 Å². The van der Waals surface area contributed by atoms with Gasteiger partial charge in [0.05, 0.1) is 9.95 Å². The number of nitrogens with one attached hydrogen (secondary N) is 1. The maximum absolute atomic E-state index is 12.5. The third-order valence-corrected chi connectivity index (χ3v) is 5.57. The topological polar surface area (TPSA) is 123 Å². The number of hydrogen-bond donors (Lipinski definition) is 1. The van der Waals surface area contributed by atoms with Crippen LogP contribution in [0.1, 0.15) is 39.6 Å². The summed E-state index contributed by atoms with van der Waals surface area (Å²) in [6.45, 7) is 3.11. The summed E-state index contributed by atoms with van der Waals surface area (Å²) < 4.78 is 26.9. The Labute approximate surface area is 160 Å². The van der Waals surface area contributed by atoms with Crippen LogP contribution < -0.4 is 4.72 Å². The number of halogens is 1. The lowest BCUT2D eigenvalue weighted by Gasteiger charge is -2.10. The Balaban J connectivity index is 2.39. The van der Waals surface area contributed by atoms with Gasteiger partial charge >= 0.3 is 0 Å². The van der Waals surface area contributed by atoms with Crippen molar-refractivity contribution in [3.8, 4) is 0 Å². The summed E-state index contributed by atoms with van der Waals surface area (Å²) in [6, 6.07) is 7.32. The average molecular weight is 411 g/mol. The van der Waals surface area contributed by atoms with Gasteiger partial charge in [-0.1, -0.05) is 24.6 Å². The number of benzene rings is 2. The van der Waals surface area contributed by atoms with Crippen molar-refractivity contribution in [2.75, 3.05) is 0 Å². The first kappa shape index (κ1) is 20.5. The number of nitrogens with zero attached hydrogens (tertiary/aromatic N) is 1. The molecule has 0 fully saturated rings. The van der Waals surface area contributed by atoms with Gasteiger partial charge in [-0.05, 0) is 31.2 Å². The fourth-order valence-corrected chi connectivity index (χ4v) is 3.77. The fourth-order valence-electron chi connectivity index (χ4n) is 2.27. The molecule has 2 aromatic rings. The highest BCUT2D eigenvalue weighted by atomic mass is 35.5. The number of sulfonamides is 1. The van der Waals surface area contributed by atoms with Crippen molar-refractivity contribution >= 4 is 39.0 Å². The molecule has 1 N–H and O–H groups in total. The minimum atomic E-state index is -4.40. The molecular formula is C17H15ClN2O6S.